The van der Waals surface area contributed by atoms with Gasteiger partial charge >= 0.3 is 0 Å². The Labute approximate surface area is 63.1 Å². The van der Waals surface area contributed by atoms with Crippen molar-refractivity contribution in [2.45, 2.75) is 0 Å². The monoisotopic (exact) mass is 152 g/mol. The molecule has 0 saturated carbocycles. The summed E-state index contributed by atoms with van der Waals surface area (Å²) in [5, 5.41) is 5.33. The van der Waals surface area contributed by atoms with E-state index in [2.05, 4.69) is 10.1 Å². The fourth-order valence-electron chi connectivity index (χ4n) is 1.01. The SMILES string of the molecule is NC1=Cn2ncnc2N(N)C1. The number of hydrogen-bond donors (Lipinski definition) is 2. The lowest BCUT2D eigenvalue weighted by molar-refractivity contribution is 0.777. The minimum Gasteiger partial charge on any atom is -0.399 e. The molecule has 1 aliphatic heterocycles. The van der Waals surface area contributed by atoms with Crippen LogP contribution in [0.2, 0.25) is 0 Å². The zero-order valence-electron chi connectivity index (χ0n) is 5.81. The molecule has 2 rings (SSSR count). The van der Waals surface area contributed by atoms with Crippen LogP contribution in [0.1, 0.15) is 0 Å². The highest BCUT2D eigenvalue weighted by Gasteiger charge is 2.14. The molecule has 6 nitrogen and oxygen atoms in total. The van der Waals surface area contributed by atoms with Crippen LogP contribution in [0, 0.1) is 0 Å². The van der Waals surface area contributed by atoms with Crippen LogP contribution in [0.4, 0.5) is 5.95 Å². The van der Waals surface area contributed by atoms with Gasteiger partial charge in [0.2, 0.25) is 5.95 Å². The Bertz CT molecular complexity index is 300. The van der Waals surface area contributed by atoms with Crippen molar-refractivity contribution in [2.24, 2.45) is 11.6 Å². The molecule has 0 spiro atoms. The third kappa shape index (κ3) is 0.838. The summed E-state index contributed by atoms with van der Waals surface area (Å²) in [6.07, 6.45) is 3.13. The van der Waals surface area contributed by atoms with Crippen LogP contribution in [0.3, 0.4) is 0 Å². The molecule has 11 heavy (non-hydrogen) atoms. The molecule has 2 heterocycles. The van der Waals surface area contributed by atoms with E-state index in [0.717, 1.165) is 0 Å². The summed E-state index contributed by atoms with van der Waals surface area (Å²) in [7, 11) is 0. The quantitative estimate of drug-likeness (QED) is 0.453. The standard InChI is InChI=1S/C5H8N6/c6-4-1-10(7)5-8-3-9-11(5)2-4/h2-3H,1,6-7H2. The van der Waals surface area contributed by atoms with Crippen LogP contribution in [-0.4, -0.2) is 21.3 Å². The van der Waals surface area contributed by atoms with Crippen LogP contribution in [0.25, 0.3) is 6.20 Å². The first kappa shape index (κ1) is 6.17. The third-order valence-electron chi connectivity index (χ3n) is 1.45. The number of anilines is 1. The predicted octanol–water partition coefficient (Wildman–Crippen LogP) is -1.27. The normalized spacial score (nSPS) is 16.1. The topological polar surface area (TPSA) is 86.0 Å². The van der Waals surface area contributed by atoms with Gasteiger partial charge in [-0.15, -0.1) is 0 Å². The van der Waals surface area contributed by atoms with Crippen LogP contribution < -0.4 is 16.6 Å². The molecule has 0 atom stereocenters. The van der Waals surface area contributed by atoms with Crippen LogP contribution >= 0.6 is 0 Å². The lowest BCUT2D eigenvalue weighted by atomic mass is 10.4. The maximum atomic E-state index is 5.57. The van der Waals surface area contributed by atoms with Crippen molar-refractivity contribution in [3.63, 3.8) is 0 Å². The molecule has 0 radical (unpaired) electrons. The Morgan fingerprint density at radius 2 is 2.36 bits per heavy atom. The molecule has 58 valence electrons. The molecular weight excluding hydrogens is 144 g/mol. The van der Waals surface area contributed by atoms with Crippen molar-refractivity contribution in [3.8, 4) is 0 Å². The summed E-state index contributed by atoms with van der Waals surface area (Å²) in [5.41, 5.74) is 6.22. The Balaban J connectivity index is 2.51. The molecule has 0 saturated heterocycles. The smallest absolute Gasteiger partial charge is 0.242 e. The summed E-state index contributed by atoms with van der Waals surface area (Å²) in [4.78, 5) is 3.92. The molecule has 0 unspecified atom stereocenters. The van der Waals surface area contributed by atoms with E-state index in [1.807, 2.05) is 0 Å². The van der Waals surface area contributed by atoms with Gasteiger partial charge in [-0.1, -0.05) is 0 Å². The highest BCUT2D eigenvalue weighted by Crippen LogP contribution is 2.11. The maximum absolute atomic E-state index is 5.57. The van der Waals surface area contributed by atoms with Gasteiger partial charge < -0.3 is 5.73 Å². The second kappa shape index (κ2) is 1.96. The molecule has 0 fully saturated rings. The number of hydrazine groups is 1. The van der Waals surface area contributed by atoms with E-state index in [9.17, 15) is 0 Å². The van der Waals surface area contributed by atoms with Gasteiger partial charge in [0, 0.05) is 5.70 Å². The molecule has 1 aromatic rings. The summed E-state index contributed by atoms with van der Waals surface area (Å²) >= 11 is 0. The predicted molar refractivity (Wildman–Crippen MR) is 40.0 cm³/mol. The molecule has 0 bridgehead atoms. The van der Waals surface area contributed by atoms with Crippen molar-refractivity contribution < 1.29 is 0 Å². The number of nitrogens with two attached hydrogens (primary N) is 2. The number of nitrogens with zero attached hydrogens (tertiary/aromatic N) is 4. The number of hydrogen-bond acceptors (Lipinski definition) is 5. The van der Waals surface area contributed by atoms with E-state index in [1.165, 1.54) is 11.3 Å². The lowest BCUT2D eigenvalue weighted by Crippen LogP contribution is -2.39. The van der Waals surface area contributed by atoms with Gasteiger partial charge in [0.05, 0.1) is 12.7 Å². The van der Waals surface area contributed by atoms with Gasteiger partial charge in [0.25, 0.3) is 0 Å². The first-order chi connectivity index (χ1) is 5.27. The Hall–Kier alpha value is -1.56. The second-order valence-corrected chi connectivity index (χ2v) is 2.34. The maximum Gasteiger partial charge on any atom is 0.242 e. The minimum absolute atomic E-state index is 0.499. The fraction of sp³-hybridized carbons (Fsp3) is 0.200. The summed E-state index contributed by atoms with van der Waals surface area (Å²) in [6.45, 7) is 0.499. The van der Waals surface area contributed by atoms with Gasteiger partial charge in [-0.05, 0) is 0 Å². The van der Waals surface area contributed by atoms with E-state index in [-0.39, 0.29) is 0 Å². The van der Waals surface area contributed by atoms with E-state index in [4.69, 9.17) is 11.6 Å². The van der Waals surface area contributed by atoms with Crippen molar-refractivity contribution in [1.29, 1.82) is 0 Å². The third-order valence-corrected chi connectivity index (χ3v) is 1.45. The van der Waals surface area contributed by atoms with E-state index < -0.39 is 0 Å². The molecule has 6 heteroatoms. The van der Waals surface area contributed by atoms with Crippen molar-refractivity contribution in [2.75, 3.05) is 11.6 Å². The summed E-state index contributed by atoms with van der Waals surface area (Å²) in [6, 6.07) is 0. The van der Waals surface area contributed by atoms with Crippen LogP contribution in [0.15, 0.2) is 12.0 Å². The van der Waals surface area contributed by atoms with E-state index in [1.54, 1.807) is 10.9 Å². The number of rotatable bonds is 0. The van der Waals surface area contributed by atoms with Gasteiger partial charge in [0.15, 0.2) is 0 Å². The molecule has 4 N–H and O–H groups in total. The van der Waals surface area contributed by atoms with Gasteiger partial charge in [-0.2, -0.15) is 10.1 Å². The Kier molecular flexibility index (Phi) is 1.10. The molecule has 0 aromatic carbocycles. The van der Waals surface area contributed by atoms with E-state index >= 15 is 0 Å². The fourth-order valence-corrected chi connectivity index (χ4v) is 1.01. The first-order valence-corrected chi connectivity index (χ1v) is 3.15. The molecule has 1 aromatic heterocycles. The minimum atomic E-state index is 0.499. The number of fused-ring (bicyclic) bond motifs is 1. The summed E-state index contributed by atoms with van der Waals surface area (Å²) < 4.78 is 1.54. The van der Waals surface area contributed by atoms with Crippen LogP contribution in [-0.2, 0) is 0 Å². The number of aromatic nitrogens is 3. The molecule has 0 aliphatic carbocycles. The molecular formula is C5H8N6. The van der Waals surface area contributed by atoms with Crippen molar-refractivity contribution in [1.82, 2.24) is 14.8 Å². The zero-order valence-corrected chi connectivity index (χ0v) is 5.81. The van der Waals surface area contributed by atoms with Crippen LogP contribution in [0.5, 0.6) is 0 Å². The lowest BCUT2D eigenvalue weighted by Gasteiger charge is -2.20. The van der Waals surface area contributed by atoms with Crippen molar-refractivity contribution in [3.05, 3.63) is 12.0 Å². The zero-order chi connectivity index (χ0) is 7.84. The highest BCUT2D eigenvalue weighted by atomic mass is 15.5. The van der Waals surface area contributed by atoms with Gasteiger partial charge in [-0.3, -0.25) is 5.01 Å². The molecule has 1 aliphatic rings. The average Bonchev–Trinajstić information content (AvgIpc) is 2.34. The highest BCUT2D eigenvalue weighted by molar-refractivity contribution is 5.46. The largest absolute Gasteiger partial charge is 0.399 e. The average molecular weight is 152 g/mol. The first-order valence-electron chi connectivity index (χ1n) is 3.15. The Morgan fingerprint density at radius 1 is 1.55 bits per heavy atom. The van der Waals surface area contributed by atoms with Crippen molar-refractivity contribution >= 4 is 12.1 Å². The molecule has 0 amide bonds. The summed E-state index contributed by atoms with van der Waals surface area (Å²) in [5.74, 6) is 6.18. The van der Waals surface area contributed by atoms with Gasteiger partial charge in [-0.25, -0.2) is 10.5 Å². The van der Waals surface area contributed by atoms with Gasteiger partial charge in [0.1, 0.15) is 6.33 Å². The second-order valence-electron chi connectivity index (χ2n) is 2.34. The Morgan fingerprint density at radius 3 is 3.18 bits per heavy atom. The van der Waals surface area contributed by atoms with E-state index in [0.29, 0.717) is 18.2 Å².